The predicted octanol–water partition coefficient (Wildman–Crippen LogP) is 3.79. The van der Waals surface area contributed by atoms with Gasteiger partial charge in [-0.25, -0.2) is 0 Å². The van der Waals surface area contributed by atoms with Crippen molar-refractivity contribution in [2.45, 2.75) is 38.6 Å². The minimum atomic E-state index is 0.393. The molecule has 0 atom stereocenters. The van der Waals surface area contributed by atoms with Gasteiger partial charge in [0.1, 0.15) is 0 Å². The molecular formula is C19H22N4. The fourth-order valence-electron chi connectivity index (χ4n) is 3.31. The average Bonchev–Trinajstić information content (AvgIpc) is 3.38. The normalized spacial score (nSPS) is 24.3. The van der Waals surface area contributed by atoms with Crippen LogP contribution in [0.2, 0.25) is 0 Å². The molecule has 0 spiro atoms. The van der Waals surface area contributed by atoms with Crippen LogP contribution in [0.3, 0.4) is 0 Å². The zero-order valence-electron chi connectivity index (χ0n) is 13.4. The Balaban J connectivity index is 1.71. The van der Waals surface area contributed by atoms with Crippen LogP contribution in [-0.4, -0.2) is 21.7 Å². The fraction of sp³-hybridized carbons (Fsp3) is 0.421. The molecule has 0 aliphatic heterocycles. The van der Waals surface area contributed by atoms with E-state index in [-0.39, 0.29) is 0 Å². The third-order valence-electron chi connectivity index (χ3n) is 4.89. The third kappa shape index (κ3) is 2.85. The number of nitrogens with zero attached hydrogens (tertiary/aromatic N) is 2. The van der Waals surface area contributed by atoms with E-state index in [4.69, 9.17) is 5.41 Å². The van der Waals surface area contributed by atoms with Crippen molar-refractivity contribution in [2.75, 3.05) is 0 Å². The molecule has 2 fully saturated rings. The van der Waals surface area contributed by atoms with Crippen LogP contribution in [0.25, 0.3) is 16.5 Å². The molecule has 2 heterocycles. The Labute approximate surface area is 136 Å². The van der Waals surface area contributed by atoms with Crippen molar-refractivity contribution in [2.24, 2.45) is 11.8 Å². The van der Waals surface area contributed by atoms with Gasteiger partial charge in [-0.1, -0.05) is 13.0 Å². The van der Waals surface area contributed by atoms with Crippen molar-refractivity contribution in [1.82, 2.24) is 15.3 Å². The average molecular weight is 306 g/mol. The summed E-state index contributed by atoms with van der Waals surface area (Å²) in [6, 6.07) is 6.50. The molecule has 0 unspecified atom stereocenters. The Morgan fingerprint density at radius 3 is 2.78 bits per heavy atom. The van der Waals surface area contributed by atoms with Crippen LogP contribution < -0.4 is 5.32 Å². The summed E-state index contributed by atoms with van der Waals surface area (Å²) in [4.78, 5) is 9.07. The highest BCUT2D eigenvalue weighted by Crippen LogP contribution is 2.36. The number of fused-ring (bicyclic) bond motifs is 1. The van der Waals surface area contributed by atoms with Gasteiger partial charge in [-0.2, -0.15) is 0 Å². The van der Waals surface area contributed by atoms with E-state index in [1.54, 1.807) is 6.20 Å². The van der Waals surface area contributed by atoms with Gasteiger partial charge in [0.25, 0.3) is 0 Å². The summed E-state index contributed by atoms with van der Waals surface area (Å²) in [5.41, 5.74) is 3.34. The van der Waals surface area contributed by atoms with Gasteiger partial charge in [0, 0.05) is 47.2 Å². The summed E-state index contributed by atoms with van der Waals surface area (Å²) in [7, 11) is 0. The summed E-state index contributed by atoms with van der Waals surface area (Å²) in [6.07, 6.45) is 10.3. The van der Waals surface area contributed by atoms with Crippen molar-refractivity contribution < 1.29 is 0 Å². The van der Waals surface area contributed by atoms with Crippen LogP contribution in [0.4, 0.5) is 0 Å². The van der Waals surface area contributed by atoms with Crippen molar-refractivity contribution in [3.05, 3.63) is 42.5 Å². The summed E-state index contributed by atoms with van der Waals surface area (Å²) in [6.45, 7) is 2.28. The molecular weight excluding hydrogens is 284 g/mol. The van der Waals surface area contributed by atoms with Crippen molar-refractivity contribution in [3.8, 4) is 0 Å². The summed E-state index contributed by atoms with van der Waals surface area (Å²) in [5, 5.41) is 13.1. The van der Waals surface area contributed by atoms with Gasteiger partial charge in [0.15, 0.2) is 0 Å². The largest absolute Gasteiger partial charge is 0.388 e. The molecule has 2 aromatic rings. The highest BCUT2D eigenvalue weighted by atomic mass is 14.9. The number of rotatable bonds is 5. The standard InChI is InChI=1S/C19H22N4/c1-12-9-15(10-12)23-11-16(17(20)13-4-5-13)19-18-14(6-8-22-19)3-2-7-21-18/h2-3,6-8,11-13,15,20,23H,4-5,9-10H2,1H3/b16-11+,20-17?. The van der Waals surface area contributed by atoms with Crippen molar-refractivity contribution >= 4 is 22.2 Å². The first-order valence-electron chi connectivity index (χ1n) is 8.47. The summed E-state index contributed by atoms with van der Waals surface area (Å²) in [5.74, 6) is 1.20. The molecule has 4 rings (SSSR count). The van der Waals surface area contributed by atoms with Gasteiger partial charge < -0.3 is 10.7 Å². The Hall–Kier alpha value is -2.23. The molecule has 118 valence electrons. The molecule has 2 aromatic heterocycles. The first-order chi connectivity index (χ1) is 11.2. The predicted molar refractivity (Wildman–Crippen MR) is 93.3 cm³/mol. The molecule has 0 saturated heterocycles. The van der Waals surface area contributed by atoms with E-state index in [1.807, 2.05) is 30.6 Å². The Morgan fingerprint density at radius 1 is 1.22 bits per heavy atom. The lowest BCUT2D eigenvalue weighted by atomic mass is 9.82. The number of hydrogen-bond acceptors (Lipinski definition) is 4. The topological polar surface area (TPSA) is 61.7 Å². The van der Waals surface area contributed by atoms with Gasteiger partial charge >= 0.3 is 0 Å². The molecule has 2 N–H and O–H groups in total. The van der Waals surface area contributed by atoms with E-state index in [2.05, 4.69) is 22.2 Å². The van der Waals surface area contributed by atoms with Gasteiger partial charge in [-0.3, -0.25) is 9.97 Å². The third-order valence-corrected chi connectivity index (χ3v) is 4.89. The van der Waals surface area contributed by atoms with Crippen LogP contribution in [0.5, 0.6) is 0 Å². The lowest BCUT2D eigenvalue weighted by molar-refractivity contribution is 0.261. The summed E-state index contributed by atoms with van der Waals surface area (Å²) < 4.78 is 0. The maximum Gasteiger partial charge on any atom is 0.0997 e. The number of hydrogen-bond donors (Lipinski definition) is 2. The van der Waals surface area contributed by atoms with E-state index in [0.717, 1.165) is 40.9 Å². The Kier molecular flexibility index (Phi) is 3.60. The molecule has 2 aliphatic carbocycles. The molecule has 4 heteroatoms. The number of nitrogens with one attached hydrogen (secondary N) is 2. The van der Waals surface area contributed by atoms with E-state index in [1.165, 1.54) is 12.8 Å². The molecule has 2 saturated carbocycles. The first kappa shape index (κ1) is 14.4. The van der Waals surface area contributed by atoms with Gasteiger partial charge in [0.05, 0.1) is 11.2 Å². The molecule has 0 bridgehead atoms. The zero-order valence-corrected chi connectivity index (χ0v) is 13.4. The fourth-order valence-corrected chi connectivity index (χ4v) is 3.31. The number of pyridine rings is 2. The lowest BCUT2D eigenvalue weighted by Gasteiger charge is -2.33. The van der Waals surface area contributed by atoms with Crippen molar-refractivity contribution in [3.63, 3.8) is 0 Å². The van der Waals surface area contributed by atoms with E-state index in [9.17, 15) is 0 Å². The van der Waals surface area contributed by atoms with Crippen LogP contribution in [0.1, 0.15) is 38.3 Å². The van der Waals surface area contributed by atoms with Gasteiger partial charge in [0.2, 0.25) is 0 Å². The van der Waals surface area contributed by atoms with Crippen LogP contribution >= 0.6 is 0 Å². The summed E-state index contributed by atoms with van der Waals surface area (Å²) >= 11 is 0. The van der Waals surface area contributed by atoms with E-state index >= 15 is 0 Å². The Morgan fingerprint density at radius 2 is 2.04 bits per heavy atom. The smallest absolute Gasteiger partial charge is 0.0997 e. The highest BCUT2D eigenvalue weighted by molar-refractivity contribution is 6.25. The molecule has 0 aromatic carbocycles. The second-order valence-corrected chi connectivity index (χ2v) is 6.92. The minimum absolute atomic E-state index is 0.393. The second kappa shape index (κ2) is 5.76. The van der Waals surface area contributed by atoms with Gasteiger partial charge in [-0.15, -0.1) is 0 Å². The van der Waals surface area contributed by atoms with Crippen LogP contribution in [-0.2, 0) is 0 Å². The maximum atomic E-state index is 8.56. The second-order valence-electron chi connectivity index (χ2n) is 6.92. The molecule has 0 amide bonds. The van der Waals surface area contributed by atoms with Gasteiger partial charge in [-0.05, 0) is 43.7 Å². The van der Waals surface area contributed by atoms with Crippen LogP contribution in [0, 0.1) is 17.2 Å². The zero-order chi connectivity index (χ0) is 15.8. The molecule has 2 aliphatic rings. The Bertz CT molecular complexity index is 765. The molecule has 23 heavy (non-hydrogen) atoms. The molecule has 4 nitrogen and oxygen atoms in total. The lowest BCUT2D eigenvalue weighted by Crippen LogP contribution is -2.37. The van der Waals surface area contributed by atoms with Crippen molar-refractivity contribution in [1.29, 1.82) is 5.41 Å². The quantitative estimate of drug-likeness (QED) is 0.826. The highest BCUT2D eigenvalue weighted by Gasteiger charge is 2.31. The number of aromatic nitrogens is 2. The molecule has 0 radical (unpaired) electrons. The monoisotopic (exact) mass is 306 g/mol. The maximum absolute atomic E-state index is 8.56. The first-order valence-corrected chi connectivity index (χ1v) is 8.47. The van der Waals surface area contributed by atoms with E-state index < -0.39 is 0 Å². The SMILES string of the molecule is CC1CC(N/C=C(\C(=N)C2CC2)c2nccc3cccnc23)C1. The van der Waals surface area contributed by atoms with Crippen LogP contribution in [0.15, 0.2) is 36.8 Å². The number of allylic oxidation sites excluding steroid dienone is 1. The van der Waals surface area contributed by atoms with E-state index in [0.29, 0.717) is 17.7 Å². The minimum Gasteiger partial charge on any atom is -0.388 e.